The Morgan fingerprint density at radius 1 is 1.44 bits per heavy atom. The third kappa shape index (κ3) is 2.37. The Kier molecular flexibility index (Phi) is 3.23. The van der Waals surface area contributed by atoms with Crippen LogP contribution < -0.4 is 5.73 Å². The number of nitrogens with two attached hydrogens (primary N) is 1. The third-order valence-corrected chi connectivity index (χ3v) is 2.02. The van der Waals surface area contributed by atoms with Gasteiger partial charge in [-0.25, -0.2) is 0 Å². The number of amides is 1. The molecule has 0 aliphatic carbocycles. The van der Waals surface area contributed by atoms with Gasteiger partial charge in [0.25, 0.3) is 5.69 Å². The van der Waals surface area contributed by atoms with Gasteiger partial charge in [-0.05, 0) is 6.07 Å². The first-order chi connectivity index (χ1) is 8.18. The van der Waals surface area contributed by atoms with Crippen LogP contribution in [0.15, 0.2) is 12.1 Å². The largest absolute Gasteiger partial charge is 0.423 e. The normalized spacial score (nSPS) is 10.8. The van der Waals surface area contributed by atoms with E-state index in [1.165, 1.54) is 6.07 Å². The summed E-state index contributed by atoms with van der Waals surface area (Å²) >= 11 is 0. The van der Waals surface area contributed by atoms with E-state index in [1.807, 2.05) is 0 Å². The molecule has 0 saturated carbocycles. The Bertz CT molecular complexity index is 575. The molecule has 6 nitrogen and oxygen atoms in total. The SMILES string of the molecule is N#Cc1cc([N+](=O)[O-])c(C(F)(F)F)cc1C(N)=O. The van der Waals surface area contributed by atoms with Crippen molar-refractivity contribution < 1.29 is 22.9 Å². The van der Waals surface area contributed by atoms with Gasteiger partial charge >= 0.3 is 6.18 Å². The molecule has 1 rings (SSSR count). The Morgan fingerprint density at radius 3 is 2.33 bits per heavy atom. The molecule has 0 fully saturated rings. The van der Waals surface area contributed by atoms with Crippen LogP contribution in [0.4, 0.5) is 18.9 Å². The number of primary amides is 1. The summed E-state index contributed by atoms with van der Waals surface area (Å²) in [4.78, 5) is 20.1. The van der Waals surface area contributed by atoms with E-state index in [1.54, 1.807) is 0 Å². The van der Waals surface area contributed by atoms with Crippen LogP contribution in [0.3, 0.4) is 0 Å². The van der Waals surface area contributed by atoms with Crippen molar-refractivity contribution in [3.05, 3.63) is 38.9 Å². The Labute approximate surface area is 97.6 Å². The monoisotopic (exact) mass is 259 g/mol. The highest BCUT2D eigenvalue weighted by Crippen LogP contribution is 2.37. The minimum atomic E-state index is -5.03. The van der Waals surface area contributed by atoms with Gasteiger partial charge in [-0.1, -0.05) is 0 Å². The molecule has 0 unspecified atom stereocenters. The van der Waals surface area contributed by atoms with Gasteiger partial charge in [0.2, 0.25) is 5.91 Å². The molecule has 18 heavy (non-hydrogen) atoms. The lowest BCUT2D eigenvalue weighted by Gasteiger charge is -2.09. The molecule has 0 bridgehead atoms. The summed E-state index contributed by atoms with van der Waals surface area (Å²) in [6.07, 6.45) is -5.03. The number of carbonyl (C=O) groups is 1. The first-order valence-electron chi connectivity index (χ1n) is 4.28. The van der Waals surface area contributed by atoms with Crippen LogP contribution in [-0.2, 0) is 6.18 Å². The van der Waals surface area contributed by atoms with Gasteiger partial charge in [0.05, 0.1) is 16.1 Å². The highest BCUT2D eigenvalue weighted by molar-refractivity contribution is 5.96. The van der Waals surface area contributed by atoms with E-state index >= 15 is 0 Å². The quantitative estimate of drug-likeness (QED) is 0.642. The zero-order chi connectivity index (χ0) is 14.1. The molecule has 0 aliphatic rings. The minimum Gasteiger partial charge on any atom is -0.366 e. The predicted molar refractivity (Wildman–Crippen MR) is 51.3 cm³/mol. The highest BCUT2D eigenvalue weighted by atomic mass is 19.4. The van der Waals surface area contributed by atoms with E-state index < -0.39 is 39.4 Å². The smallest absolute Gasteiger partial charge is 0.366 e. The van der Waals surface area contributed by atoms with Gasteiger partial charge < -0.3 is 5.73 Å². The molecule has 0 spiro atoms. The molecule has 2 N–H and O–H groups in total. The molecule has 1 aromatic rings. The fourth-order valence-corrected chi connectivity index (χ4v) is 1.26. The lowest BCUT2D eigenvalue weighted by Crippen LogP contribution is -2.17. The number of benzene rings is 1. The second-order valence-electron chi connectivity index (χ2n) is 3.15. The molecule has 0 heterocycles. The maximum Gasteiger partial charge on any atom is 0.423 e. The van der Waals surface area contributed by atoms with Gasteiger partial charge in [0.15, 0.2) is 0 Å². The van der Waals surface area contributed by atoms with Crippen molar-refractivity contribution in [2.24, 2.45) is 5.73 Å². The molecule has 0 radical (unpaired) electrons. The van der Waals surface area contributed by atoms with Crippen molar-refractivity contribution in [1.29, 1.82) is 5.26 Å². The summed E-state index contributed by atoms with van der Waals surface area (Å²) in [6.45, 7) is 0. The molecule has 0 atom stereocenters. The summed E-state index contributed by atoms with van der Waals surface area (Å²) in [7, 11) is 0. The number of halogens is 3. The number of carbonyl (C=O) groups excluding carboxylic acids is 1. The van der Waals surface area contributed by atoms with Crippen LogP contribution >= 0.6 is 0 Å². The molecular formula is C9H4F3N3O3. The second-order valence-corrected chi connectivity index (χ2v) is 3.15. The zero-order valence-corrected chi connectivity index (χ0v) is 8.49. The number of nitrogens with zero attached hydrogens (tertiary/aromatic N) is 2. The standard InChI is InChI=1S/C9H4F3N3O3/c10-9(11,12)6-2-5(8(14)16)4(3-13)1-7(6)15(17)18/h1-2H,(H2,14,16). The summed E-state index contributed by atoms with van der Waals surface area (Å²) in [5.41, 5.74) is 0.581. The van der Waals surface area contributed by atoms with E-state index in [-0.39, 0.29) is 6.07 Å². The summed E-state index contributed by atoms with van der Waals surface area (Å²) in [5, 5.41) is 19.1. The third-order valence-electron chi connectivity index (χ3n) is 2.02. The first-order valence-corrected chi connectivity index (χ1v) is 4.28. The number of nitro benzene ring substituents is 1. The van der Waals surface area contributed by atoms with Crippen LogP contribution in [0.5, 0.6) is 0 Å². The lowest BCUT2D eigenvalue weighted by atomic mass is 10.0. The van der Waals surface area contributed by atoms with E-state index in [2.05, 4.69) is 0 Å². The number of hydrogen-bond donors (Lipinski definition) is 1. The lowest BCUT2D eigenvalue weighted by molar-refractivity contribution is -0.388. The van der Waals surface area contributed by atoms with Crippen molar-refractivity contribution in [2.45, 2.75) is 6.18 Å². The van der Waals surface area contributed by atoms with Gasteiger partial charge in [0.1, 0.15) is 11.6 Å². The molecule has 1 amide bonds. The van der Waals surface area contributed by atoms with Crippen LogP contribution in [0.1, 0.15) is 21.5 Å². The van der Waals surface area contributed by atoms with Crippen molar-refractivity contribution in [3.63, 3.8) is 0 Å². The Hall–Kier alpha value is -2.63. The van der Waals surface area contributed by atoms with E-state index in [0.717, 1.165) is 0 Å². The molecule has 0 saturated heterocycles. The maximum absolute atomic E-state index is 12.5. The van der Waals surface area contributed by atoms with Crippen molar-refractivity contribution >= 4 is 11.6 Å². The van der Waals surface area contributed by atoms with Crippen molar-refractivity contribution in [3.8, 4) is 6.07 Å². The van der Waals surface area contributed by atoms with Crippen molar-refractivity contribution in [1.82, 2.24) is 0 Å². The Morgan fingerprint density at radius 2 is 2.00 bits per heavy atom. The van der Waals surface area contributed by atoms with E-state index in [0.29, 0.717) is 6.07 Å². The maximum atomic E-state index is 12.5. The number of rotatable bonds is 2. The Balaban J connectivity index is 3.70. The average Bonchev–Trinajstić information content (AvgIpc) is 2.25. The fourth-order valence-electron chi connectivity index (χ4n) is 1.26. The van der Waals surface area contributed by atoms with Crippen LogP contribution in [-0.4, -0.2) is 10.8 Å². The number of nitro groups is 1. The minimum absolute atomic E-state index is 0.207. The second kappa shape index (κ2) is 4.33. The van der Waals surface area contributed by atoms with Gasteiger partial charge in [-0.3, -0.25) is 14.9 Å². The predicted octanol–water partition coefficient (Wildman–Crippen LogP) is 1.58. The van der Waals surface area contributed by atoms with Crippen molar-refractivity contribution in [2.75, 3.05) is 0 Å². The van der Waals surface area contributed by atoms with Crippen LogP contribution in [0.2, 0.25) is 0 Å². The number of hydrogen-bond acceptors (Lipinski definition) is 4. The van der Waals surface area contributed by atoms with Gasteiger partial charge in [-0.2, -0.15) is 18.4 Å². The summed E-state index contributed by atoms with van der Waals surface area (Å²) < 4.78 is 37.6. The van der Waals surface area contributed by atoms with E-state index in [4.69, 9.17) is 11.0 Å². The molecule has 9 heteroatoms. The van der Waals surface area contributed by atoms with Gasteiger partial charge in [-0.15, -0.1) is 0 Å². The topological polar surface area (TPSA) is 110 Å². The van der Waals surface area contributed by atoms with Crippen LogP contribution in [0, 0.1) is 21.4 Å². The summed E-state index contributed by atoms with van der Waals surface area (Å²) in [6, 6.07) is 1.96. The highest BCUT2D eigenvalue weighted by Gasteiger charge is 2.39. The molecule has 1 aromatic carbocycles. The average molecular weight is 259 g/mol. The van der Waals surface area contributed by atoms with E-state index in [9.17, 15) is 28.1 Å². The molecule has 0 aromatic heterocycles. The molecule has 0 aliphatic heterocycles. The van der Waals surface area contributed by atoms with Gasteiger partial charge in [0, 0.05) is 6.07 Å². The molecule has 94 valence electrons. The zero-order valence-electron chi connectivity index (χ0n) is 8.49. The first kappa shape index (κ1) is 13.4. The number of alkyl halides is 3. The molecular weight excluding hydrogens is 255 g/mol. The summed E-state index contributed by atoms with van der Waals surface area (Å²) in [5.74, 6) is -1.27. The van der Waals surface area contributed by atoms with Crippen LogP contribution in [0.25, 0.3) is 0 Å². The number of nitriles is 1. The fraction of sp³-hybridized carbons (Fsp3) is 0.111.